The molecule has 2 heterocycles. The molecular formula is C18H32N2O3. The molecule has 2 aliphatic heterocycles. The molecule has 5 heteroatoms. The molecule has 3 aliphatic rings. The van der Waals surface area contributed by atoms with Gasteiger partial charge >= 0.3 is 6.03 Å². The van der Waals surface area contributed by atoms with E-state index in [0.29, 0.717) is 25.1 Å². The van der Waals surface area contributed by atoms with Crippen molar-refractivity contribution in [1.29, 1.82) is 0 Å². The summed E-state index contributed by atoms with van der Waals surface area (Å²) in [5.41, 5.74) is 0.0960. The summed E-state index contributed by atoms with van der Waals surface area (Å²) in [6.07, 6.45) is 5.54. The molecule has 3 rings (SSSR count). The van der Waals surface area contributed by atoms with Crippen LogP contribution in [0.15, 0.2) is 0 Å². The normalized spacial score (nSPS) is 34.9. The third-order valence-electron chi connectivity index (χ3n) is 6.02. The first kappa shape index (κ1) is 17.0. The average Bonchev–Trinajstić information content (AvgIpc) is 2.74. The fraction of sp³-hybridized carbons (Fsp3) is 0.944. The number of urea groups is 1. The summed E-state index contributed by atoms with van der Waals surface area (Å²) in [5.74, 6) is 1.36. The van der Waals surface area contributed by atoms with Gasteiger partial charge in [0.25, 0.3) is 0 Å². The van der Waals surface area contributed by atoms with Crippen LogP contribution in [0.2, 0.25) is 0 Å². The zero-order chi connectivity index (χ0) is 16.3. The van der Waals surface area contributed by atoms with Gasteiger partial charge in [-0.3, -0.25) is 0 Å². The van der Waals surface area contributed by atoms with Crippen molar-refractivity contribution in [1.82, 2.24) is 10.2 Å². The molecule has 3 unspecified atom stereocenters. The Kier molecular flexibility index (Phi) is 5.47. The lowest BCUT2D eigenvalue weighted by molar-refractivity contribution is -0.0296. The summed E-state index contributed by atoms with van der Waals surface area (Å²) >= 11 is 0. The number of carbonyl (C=O) groups excluding carboxylic acids is 1. The molecule has 23 heavy (non-hydrogen) atoms. The molecule has 1 spiro atoms. The second kappa shape index (κ2) is 7.39. The number of amides is 2. The van der Waals surface area contributed by atoms with Gasteiger partial charge in [-0.1, -0.05) is 13.8 Å². The third kappa shape index (κ3) is 4.18. The highest BCUT2D eigenvalue weighted by Crippen LogP contribution is 2.34. The topological polar surface area (TPSA) is 50.8 Å². The van der Waals surface area contributed by atoms with Crippen LogP contribution in [0.5, 0.6) is 0 Å². The van der Waals surface area contributed by atoms with Crippen molar-refractivity contribution in [3.05, 3.63) is 0 Å². The first-order chi connectivity index (χ1) is 11.1. The number of ether oxygens (including phenoxy) is 2. The zero-order valence-corrected chi connectivity index (χ0v) is 14.7. The minimum atomic E-state index is 0.0960. The summed E-state index contributed by atoms with van der Waals surface area (Å²) in [6.45, 7) is 9.07. The van der Waals surface area contributed by atoms with E-state index < -0.39 is 0 Å². The molecule has 1 aliphatic carbocycles. The van der Waals surface area contributed by atoms with Gasteiger partial charge in [-0.15, -0.1) is 0 Å². The van der Waals surface area contributed by atoms with Crippen LogP contribution >= 0.6 is 0 Å². The fourth-order valence-corrected chi connectivity index (χ4v) is 4.40. The Labute approximate surface area is 140 Å². The SMILES string of the molecule is CC1CCC(NC(=O)N2CCOCC3(CCOCC3)C2)C(C)C1. The number of hydrogen-bond acceptors (Lipinski definition) is 3. The molecule has 5 nitrogen and oxygen atoms in total. The maximum Gasteiger partial charge on any atom is 0.317 e. The molecule has 132 valence electrons. The maximum atomic E-state index is 12.8. The van der Waals surface area contributed by atoms with E-state index in [9.17, 15) is 4.79 Å². The summed E-state index contributed by atoms with van der Waals surface area (Å²) in [4.78, 5) is 14.8. The van der Waals surface area contributed by atoms with Crippen LogP contribution in [0, 0.1) is 17.3 Å². The Balaban J connectivity index is 1.59. The Morgan fingerprint density at radius 1 is 1.13 bits per heavy atom. The number of hydrogen-bond donors (Lipinski definition) is 1. The number of rotatable bonds is 1. The highest BCUT2D eigenvalue weighted by molar-refractivity contribution is 5.74. The van der Waals surface area contributed by atoms with Crippen LogP contribution in [0.4, 0.5) is 4.79 Å². The molecular weight excluding hydrogens is 292 g/mol. The van der Waals surface area contributed by atoms with Crippen molar-refractivity contribution in [2.24, 2.45) is 17.3 Å². The zero-order valence-electron chi connectivity index (χ0n) is 14.7. The summed E-state index contributed by atoms with van der Waals surface area (Å²) in [6, 6.07) is 0.432. The fourth-order valence-electron chi connectivity index (χ4n) is 4.40. The van der Waals surface area contributed by atoms with E-state index in [0.717, 1.165) is 51.5 Å². The highest BCUT2D eigenvalue weighted by Gasteiger charge is 2.38. The van der Waals surface area contributed by atoms with Crippen molar-refractivity contribution in [2.75, 3.05) is 39.5 Å². The van der Waals surface area contributed by atoms with Crippen LogP contribution in [0.3, 0.4) is 0 Å². The third-order valence-corrected chi connectivity index (χ3v) is 6.02. The van der Waals surface area contributed by atoms with E-state index in [1.165, 1.54) is 12.8 Å². The Hall–Kier alpha value is -0.810. The van der Waals surface area contributed by atoms with Crippen LogP contribution in [-0.4, -0.2) is 56.5 Å². The van der Waals surface area contributed by atoms with Crippen molar-refractivity contribution in [3.63, 3.8) is 0 Å². The molecule has 3 fully saturated rings. The van der Waals surface area contributed by atoms with E-state index in [-0.39, 0.29) is 11.4 Å². The smallest absolute Gasteiger partial charge is 0.317 e. The van der Waals surface area contributed by atoms with E-state index >= 15 is 0 Å². The lowest BCUT2D eigenvalue weighted by Crippen LogP contribution is -2.52. The standard InChI is InChI=1S/C18H32N2O3/c1-14-3-4-16(15(2)11-14)19-17(21)20-7-10-23-13-18(12-20)5-8-22-9-6-18/h14-16H,3-13H2,1-2H3,(H,19,21). The average molecular weight is 324 g/mol. The first-order valence-corrected chi connectivity index (χ1v) is 9.29. The molecule has 1 N–H and O–H groups in total. The molecule has 0 aromatic rings. The van der Waals surface area contributed by atoms with Gasteiger partial charge in [0.1, 0.15) is 0 Å². The van der Waals surface area contributed by atoms with Gasteiger partial charge in [0, 0.05) is 37.8 Å². The van der Waals surface area contributed by atoms with Gasteiger partial charge in [-0.2, -0.15) is 0 Å². The molecule has 1 saturated carbocycles. The van der Waals surface area contributed by atoms with Gasteiger partial charge in [-0.05, 0) is 43.9 Å². The van der Waals surface area contributed by atoms with Gasteiger partial charge in [0.15, 0.2) is 0 Å². The van der Waals surface area contributed by atoms with Gasteiger partial charge < -0.3 is 19.7 Å². The number of carbonyl (C=O) groups is 1. The van der Waals surface area contributed by atoms with E-state index in [1.54, 1.807) is 0 Å². The summed E-state index contributed by atoms with van der Waals surface area (Å²) in [5, 5.41) is 3.31. The van der Waals surface area contributed by atoms with Crippen LogP contribution in [-0.2, 0) is 9.47 Å². The Morgan fingerprint density at radius 2 is 1.91 bits per heavy atom. The van der Waals surface area contributed by atoms with E-state index in [2.05, 4.69) is 19.2 Å². The second-order valence-electron chi connectivity index (χ2n) is 8.04. The highest BCUT2D eigenvalue weighted by atomic mass is 16.5. The quantitative estimate of drug-likeness (QED) is 0.807. The van der Waals surface area contributed by atoms with Crippen molar-refractivity contribution >= 4 is 6.03 Å². The molecule has 2 amide bonds. The van der Waals surface area contributed by atoms with Crippen molar-refractivity contribution in [3.8, 4) is 0 Å². The van der Waals surface area contributed by atoms with E-state index in [1.807, 2.05) is 4.90 Å². The molecule has 0 aromatic heterocycles. The lowest BCUT2D eigenvalue weighted by Gasteiger charge is -2.39. The second-order valence-corrected chi connectivity index (χ2v) is 8.04. The maximum absolute atomic E-state index is 12.8. The largest absolute Gasteiger partial charge is 0.381 e. The van der Waals surface area contributed by atoms with Crippen LogP contribution < -0.4 is 5.32 Å². The predicted molar refractivity (Wildman–Crippen MR) is 89.4 cm³/mol. The van der Waals surface area contributed by atoms with Crippen molar-refractivity contribution < 1.29 is 14.3 Å². The number of nitrogens with one attached hydrogen (secondary N) is 1. The number of nitrogens with zero attached hydrogens (tertiary/aromatic N) is 1. The summed E-state index contributed by atoms with van der Waals surface area (Å²) in [7, 11) is 0. The lowest BCUT2D eigenvalue weighted by atomic mass is 9.79. The Morgan fingerprint density at radius 3 is 2.65 bits per heavy atom. The molecule has 2 saturated heterocycles. The minimum Gasteiger partial charge on any atom is -0.381 e. The van der Waals surface area contributed by atoms with Crippen LogP contribution in [0.1, 0.15) is 46.0 Å². The molecule has 0 aromatic carbocycles. The summed E-state index contributed by atoms with van der Waals surface area (Å²) < 4.78 is 11.3. The monoisotopic (exact) mass is 324 g/mol. The van der Waals surface area contributed by atoms with Crippen molar-refractivity contribution in [2.45, 2.75) is 52.0 Å². The van der Waals surface area contributed by atoms with Crippen LogP contribution in [0.25, 0.3) is 0 Å². The molecule has 3 atom stereocenters. The minimum absolute atomic E-state index is 0.0960. The molecule has 0 bridgehead atoms. The van der Waals surface area contributed by atoms with E-state index in [4.69, 9.17) is 9.47 Å². The molecule has 0 radical (unpaired) electrons. The Bertz CT molecular complexity index is 409. The van der Waals surface area contributed by atoms with Gasteiger partial charge in [0.2, 0.25) is 0 Å². The predicted octanol–water partition coefficient (Wildman–Crippen LogP) is 2.65. The van der Waals surface area contributed by atoms with Gasteiger partial charge in [0.05, 0.1) is 13.2 Å². The van der Waals surface area contributed by atoms with Gasteiger partial charge in [-0.25, -0.2) is 4.79 Å². The first-order valence-electron chi connectivity index (χ1n) is 9.29.